The smallest absolute Gasteiger partial charge is 0.325 e. The molecule has 0 saturated heterocycles. The van der Waals surface area contributed by atoms with E-state index >= 15 is 0 Å². The Hall–Kier alpha value is -3.46. The number of nitrogens with zero attached hydrogens (tertiary/aromatic N) is 1. The van der Waals surface area contributed by atoms with Gasteiger partial charge in [-0.05, 0) is 54.8 Å². The molecular weight excluding hydrogens is 419 g/mol. The van der Waals surface area contributed by atoms with Crippen LogP contribution in [0.2, 0.25) is 0 Å². The number of methoxy groups -OCH3 is 1. The number of nitrogens with one attached hydrogen (secondary N) is 3. The molecule has 0 aliphatic rings. The topological polar surface area (TPSA) is 92.3 Å². The molecule has 0 saturated carbocycles. The maximum absolute atomic E-state index is 12.9. The normalized spacial score (nSPS) is 10.4. The molecule has 162 valence electrons. The number of thiazole rings is 1. The minimum absolute atomic E-state index is 0.0816. The quantitative estimate of drug-likeness (QED) is 0.463. The average Bonchev–Trinajstić information content (AvgIpc) is 3.21. The standard InChI is InChI=1S/C22H23FN4O3S/c1-30-19-9-6-17(7-10-19)25-21(29)27-22-26-18(14-31-22)8-11-20(28)24-13-12-15-2-4-16(23)5-3-15/h2-7,9-10,14H,8,11-13H2,1H3,(H,24,28)(H2,25,26,27,29). The van der Waals surface area contributed by atoms with Crippen LogP contribution in [0, 0.1) is 5.82 Å². The number of anilines is 2. The van der Waals surface area contributed by atoms with Gasteiger partial charge in [-0.15, -0.1) is 11.3 Å². The molecule has 0 atom stereocenters. The zero-order chi connectivity index (χ0) is 22.1. The number of hydrogen-bond donors (Lipinski definition) is 3. The number of hydrogen-bond acceptors (Lipinski definition) is 5. The van der Waals surface area contributed by atoms with Crippen LogP contribution >= 0.6 is 11.3 Å². The van der Waals surface area contributed by atoms with Gasteiger partial charge in [0.2, 0.25) is 5.91 Å². The molecule has 7 nitrogen and oxygen atoms in total. The van der Waals surface area contributed by atoms with E-state index in [1.807, 2.05) is 5.38 Å². The number of rotatable bonds is 9. The largest absolute Gasteiger partial charge is 0.497 e. The summed E-state index contributed by atoms with van der Waals surface area (Å²) in [6.45, 7) is 0.486. The fourth-order valence-electron chi connectivity index (χ4n) is 2.74. The van der Waals surface area contributed by atoms with Crippen LogP contribution in [0.4, 0.5) is 20.0 Å². The maximum Gasteiger partial charge on any atom is 0.325 e. The van der Waals surface area contributed by atoms with Crippen molar-refractivity contribution in [2.45, 2.75) is 19.3 Å². The molecule has 0 aliphatic heterocycles. The lowest BCUT2D eigenvalue weighted by molar-refractivity contribution is -0.121. The van der Waals surface area contributed by atoms with E-state index in [0.717, 1.165) is 11.3 Å². The van der Waals surface area contributed by atoms with E-state index in [2.05, 4.69) is 20.9 Å². The molecule has 1 heterocycles. The first kappa shape index (κ1) is 22.2. The number of halogens is 1. The van der Waals surface area contributed by atoms with Crippen molar-refractivity contribution in [3.05, 3.63) is 71.0 Å². The highest BCUT2D eigenvalue weighted by molar-refractivity contribution is 7.13. The van der Waals surface area contributed by atoms with Gasteiger partial charge in [-0.3, -0.25) is 10.1 Å². The van der Waals surface area contributed by atoms with Crippen molar-refractivity contribution in [1.29, 1.82) is 0 Å². The third-order valence-electron chi connectivity index (χ3n) is 4.38. The Balaban J connectivity index is 1.37. The second-order valence-electron chi connectivity index (χ2n) is 6.68. The van der Waals surface area contributed by atoms with Crippen molar-refractivity contribution in [2.24, 2.45) is 0 Å². The summed E-state index contributed by atoms with van der Waals surface area (Å²) < 4.78 is 18.0. The van der Waals surface area contributed by atoms with Crippen molar-refractivity contribution in [3.63, 3.8) is 0 Å². The number of amides is 3. The Bertz CT molecular complexity index is 1010. The molecule has 9 heteroatoms. The van der Waals surface area contributed by atoms with E-state index in [9.17, 15) is 14.0 Å². The monoisotopic (exact) mass is 442 g/mol. The van der Waals surface area contributed by atoms with Crippen LogP contribution in [0.3, 0.4) is 0 Å². The average molecular weight is 443 g/mol. The second-order valence-corrected chi connectivity index (χ2v) is 7.54. The molecule has 3 rings (SSSR count). The number of carbonyl (C=O) groups is 2. The number of benzene rings is 2. The molecule has 0 aliphatic carbocycles. The molecular formula is C22H23FN4O3S. The summed E-state index contributed by atoms with van der Waals surface area (Å²) in [7, 11) is 1.58. The fraction of sp³-hybridized carbons (Fsp3) is 0.227. The van der Waals surface area contributed by atoms with Crippen LogP contribution in [0.1, 0.15) is 17.7 Å². The molecule has 0 spiro atoms. The molecule has 0 fully saturated rings. The first-order valence-electron chi connectivity index (χ1n) is 9.69. The van der Waals surface area contributed by atoms with Crippen LogP contribution in [-0.2, 0) is 17.6 Å². The minimum Gasteiger partial charge on any atom is -0.497 e. The first-order chi connectivity index (χ1) is 15.0. The lowest BCUT2D eigenvalue weighted by atomic mass is 10.1. The maximum atomic E-state index is 12.9. The van der Waals surface area contributed by atoms with Crippen molar-refractivity contribution < 1.29 is 18.7 Å². The first-order valence-corrected chi connectivity index (χ1v) is 10.6. The molecule has 0 unspecified atom stereocenters. The van der Waals surface area contributed by atoms with Crippen molar-refractivity contribution in [3.8, 4) is 5.75 Å². The van der Waals surface area contributed by atoms with Crippen LogP contribution in [0.25, 0.3) is 0 Å². The summed E-state index contributed by atoms with van der Waals surface area (Å²) in [5.74, 6) is 0.347. The molecule has 3 N–H and O–H groups in total. The zero-order valence-electron chi connectivity index (χ0n) is 17.0. The van der Waals surface area contributed by atoms with Crippen molar-refractivity contribution >= 4 is 34.1 Å². The van der Waals surface area contributed by atoms with Gasteiger partial charge >= 0.3 is 6.03 Å². The summed E-state index contributed by atoms with van der Waals surface area (Å²) in [5, 5.41) is 10.5. The van der Waals surface area contributed by atoms with Gasteiger partial charge in [-0.2, -0.15) is 0 Å². The lowest BCUT2D eigenvalue weighted by Gasteiger charge is -2.06. The Morgan fingerprint density at radius 2 is 1.77 bits per heavy atom. The molecule has 31 heavy (non-hydrogen) atoms. The minimum atomic E-state index is -0.399. The summed E-state index contributed by atoms with van der Waals surface area (Å²) in [6.07, 6.45) is 1.41. The summed E-state index contributed by atoms with van der Waals surface area (Å²) in [5.41, 5.74) is 2.33. The molecule has 2 aromatic carbocycles. The predicted molar refractivity (Wildman–Crippen MR) is 119 cm³/mol. The number of aryl methyl sites for hydroxylation is 1. The highest BCUT2D eigenvalue weighted by atomic mass is 32.1. The van der Waals surface area contributed by atoms with E-state index < -0.39 is 6.03 Å². The van der Waals surface area contributed by atoms with E-state index in [1.54, 1.807) is 43.5 Å². The van der Waals surface area contributed by atoms with Gasteiger partial charge in [-0.1, -0.05) is 12.1 Å². The predicted octanol–water partition coefficient (Wildman–Crippen LogP) is 4.23. The molecule has 0 radical (unpaired) electrons. The summed E-state index contributed by atoms with van der Waals surface area (Å²) >= 11 is 1.30. The SMILES string of the molecule is COc1ccc(NC(=O)Nc2nc(CCC(=O)NCCc3ccc(F)cc3)cs2)cc1. The highest BCUT2D eigenvalue weighted by Gasteiger charge is 2.09. The van der Waals surface area contributed by atoms with Gasteiger partial charge in [0, 0.05) is 24.0 Å². The van der Waals surface area contributed by atoms with Crippen molar-refractivity contribution in [1.82, 2.24) is 10.3 Å². The van der Waals surface area contributed by atoms with Crippen LogP contribution in [0.5, 0.6) is 5.75 Å². The fourth-order valence-corrected chi connectivity index (χ4v) is 3.48. The Kier molecular flexibility index (Phi) is 7.94. The van der Waals surface area contributed by atoms with Gasteiger partial charge < -0.3 is 15.4 Å². The highest BCUT2D eigenvalue weighted by Crippen LogP contribution is 2.18. The zero-order valence-corrected chi connectivity index (χ0v) is 17.8. The van der Waals surface area contributed by atoms with Crippen LogP contribution in [-0.4, -0.2) is 30.6 Å². The van der Waals surface area contributed by atoms with Gasteiger partial charge in [0.15, 0.2) is 5.13 Å². The Morgan fingerprint density at radius 3 is 2.48 bits per heavy atom. The summed E-state index contributed by atoms with van der Waals surface area (Å²) in [6, 6.07) is 12.8. The lowest BCUT2D eigenvalue weighted by Crippen LogP contribution is -2.25. The number of ether oxygens (including phenoxy) is 1. The number of aromatic nitrogens is 1. The number of carbonyl (C=O) groups excluding carboxylic acids is 2. The summed E-state index contributed by atoms with van der Waals surface area (Å²) in [4.78, 5) is 28.4. The van der Waals surface area contributed by atoms with Crippen LogP contribution in [0.15, 0.2) is 53.9 Å². The van der Waals surface area contributed by atoms with Crippen molar-refractivity contribution in [2.75, 3.05) is 24.3 Å². The molecule has 0 bridgehead atoms. The van der Waals surface area contributed by atoms with E-state index in [4.69, 9.17) is 4.74 Å². The third kappa shape index (κ3) is 7.38. The van der Waals surface area contributed by atoms with Gasteiger partial charge in [0.25, 0.3) is 0 Å². The molecule has 3 amide bonds. The second kappa shape index (κ2) is 11.1. The van der Waals surface area contributed by atoms with Gasteiger partial charge in [0.05, 0.1) is 12.8 Å². The Morgan fingerprint density at radius 1 is 1.03 bits per heavy atom. The van der Waals surface area contributed by atoms with E-state index in [-0.39, 0.29) is 11.7 Å². The molecule has 1 aromatic heterocycles. The van der Waals surface area contributed by atoms with E-state index in [1.165, 1.54) is 23.5 Å². The number of urea groups is 1. The Labute approximate surface area is 183 Å². The van der Waals surface area contributed by atoms with E-state index in [0.29, 0.717) is 42.4 Å². The van der Waals surface area contributed by atoms with Crippen LogP contribution < -0.4 is 20.7 Å². The van der Waals surface area contributed by atoms with Gasteiger partial charge in [-0.25, -0.2) is 14.2 Å². The third-order valence-corrected chi connectivity index (χ3v) is 5.18. The van der Waals surface area contributed by atoms with Gasteiger partial charge in [0.1, 0.15) is 11.6 Å². The molecule has 3 aromatic rings.